The van der Waals surface area contributed by atoms with Gasteiger partial charge < -0.3 is 13.3 Å². The summed E-state index contributed by atoms with van der Waals surface area (Å²) in [6, 6.07) is 0. The molecule has 4 rings (SSSR count). The topological polar surface area (TPSA) is 27.7 Å². The van der Waals surface area contributed by atoms with E-state index < -0.39 is 25.0 Å². The maximum absolute atomic E-state index is 7.16. The Labute approximate surface area is 214 Å². The van der Waals surface area contributed by atoms with E-state index >= 15 is 0 Å². The van der Waals surface area contributed by atoms with Gasteiger partial charge >= 0.3 is 0 Å². The molecule has 0 spiro atoms. The summed E-state index contributed by atoms with van der Waals surface area (Å²) in [6.45, 7) is 26.5. The van der Waals surface area contributed by atoms with Crippen LogP contribution >= 0.6 is 0 Å². The zero-order chi connectivity index (χ0) is 25.3. The zero-order valence-electron chi connectivity index (χ0n) is 24.2. The van der Waals surface area contributed by atoms with Crippen LogP contribution in [-0.4, -0.2) is 43.3 Å². The Balaban J connectivity index is 1.67. The minimum absolute atomic E-state index is 0.256. The highest BCUT2D eigenvalue weighted by Gasteiger charge is 2.63. The molecule has 3 nitrogen and oxygen atoms in total. The lowest BCUT2D eigenvalue weighted by Crippen LogP contribution is -2.59. The molecular weight excluding hydrogens is 469 g/mol. The fraction of sp³-hybridized carbons (Fsp3) is 0.929. The highest BCUT2D eigenvalue weighted by Crippen LogP contribution is 2.66. The Morgan fingerprint density at radius 2 is 1.41 bits per heavy atom. The van der Waals surface area contributed by atoms with Gasteiger partial charge in [-0.2, -0.15) is 0 Å². The third kappa shape index (κ3) is 5.42. The van der Waals surface area contributed by atoms with Gasteiger partial charge in [0.15, 0.2) is 25.0 Å². The Kier molecular flexibility index (Phi) is 7.18. The summed E-state index contributed by atoms with van der Waals surface area (Å²) in [4.78, 5) is 0. The summed E-state index contributed by atoms with van der Waals surface area (Å²) in [7, 11) is -4.77. The van der Waals surface area contributed by atoms with Gasteiger partial charge in [0, 0.05) is 12.2 Å². The van der Waals surface area contributed by atoms with Crippen LogP contribution in [0.4, 0.5) is 0 Å². The molecule has 4 aliphatic carbocycles. The van der Waals surface area contributed by atoms with Crippen LogP contribution in [0.15, 0.2) is 11.6 Å². The molecule has 34 heavy (non-hydrogen) atoms. The molecule has 0 bridgehead atoms. The van der Waals surface area contributed by atoms with Crippen molar-refractivity contribution < 1.29 is 13.3 Å². The van der Waals surface area contributed by atoms with Gasteiger partial charge in [-0.3, -0.25) is 0 Å². The lowest BCUT2D eigenvalue weighted by molar-refractivity contribution is -0.127. The van der Waals surface area contributed by atoms with Crippen LogP contribution in [0.3, 0.4) is 0 Å². The highest BCUT2D eigenvalue weighted by atomic mass is 28.4. The summed E-state index contributed by atoms with van der Waals surface area (Å²) < 4.78 is 20.7. The number of rotatable bonds is 6. The fourth-order valence-corrected chi connectivity index (χ4v) is 12.0. The maximum Gasteiger partial charge on any atom is 0.184 e. The van der Waals surface area contributed by atoms with E-state index in [9.17, 15) is 0 Å². The van der Waals surface area contributed by atoms with Crippen molar-refractivity contribution in [3.8, 4) is 0 Å². The average molecular weight is 523 g/mol. The first-order valence-electron chi connectivity index (χ1n) is 14.1. The third-order valence-electron chi connectivity index (χ3n) is 9.40. The van der Waals surface area contributed by atoms with Crippen molar-refractivity contribution in [2.45, 2.75) is 136 Å². The van der Waals surface area contributed by atoms with E-state index in [4.69, 9.17) is 13.3 Å². The molecule has 3 unspecified atom stereocenters. The standard InChI is InChI=1S/C28H54O3Si3/c1-27-17-16-21(29-32(3,4)5)18-20(27)12-13-22-23-14-15-25(31-34(9,10)11)28(23,2)19-24(26(22)27)30-33(6,7)8/h12,21-26H,13-19H2,1-11H3/t21?,22-,23-,24?,25?,26+,27-,28-/m0/s1. The Morgan fingerprint density at radius 3 is 2.00 bits per heavy atom. The Bertz CT molecular complexity index is 792. The number of fused-ring (bicyclic) bond motifs is 5. The first-order valence-corrected chi connectivity index (χ1v) is 24.4. The highest BCUT2D eigenvalue weighted by molar-refractivity contribution is 6.70. The van der Waals surface area contributed by atoms with E-state index in [-0.39, 0.29) is 10.8 Å². The van der Waals surface area contributed by atoms with Crippen molar-refractivity contribution in [1.82, 2.24) is 0 Å². The summed E-state index contributed by atoms with van der Waals surface area (Å²) >= 11 is 0. The summed E-state index contributed by atoms with van der Waals surface area (Å²) in [6.07, 6.45) is 12.5. The van der Waals surface area contributed by atoms with E-state index in [0.29, 0.717) is 24.2 Å². The molecule has 0 radical (unpaired) electrons. The second kappa shape index (κ2) is 8.94. The molecule has 6 heteroatoms. The molecule has 0 saturated heterocycles. The van der Waals surface area contributed by atoms with Crippen molar-refractivity contribution in [2.24, 2.45) is 28.6 Å². The average Bonchev–Trinajstić information content (AvgIpc) is 2.93. The molecule has 196 valence electrons. The van der Waals surface area contributed by atoms with Gasteiger partial charge in [0.05, 0.1) is 6.10 Å². The molecular formula is C28H54O3Si3. The SMILES string of the molecule is C[C@]12CCC(O[Si](C)(C)C)CC1=CC[C@@H]1[C@@H]2C(O[Si](C)(C)C)C[C@]2(C)C(O[Si](C)(C)C)CC[C@@H]12. The van der Waals surface area contributed by atoms with Crippen molar-refractivity contribution in [1.29, 1.82) is 0 Å². The van der Waals surface area contributed by atoms with Gasteiger partial charge in [0.1, 0.15) is 0 Å². The Morgan fingerprint density at radius 1 is 0.794 bits per heavy atom. The predicted octanol–water partition coefficient (Wildman–Crippen LogP) is 8.22. The maximum atomic E-state index is 7.16. The second-order valence-corrected chi connectivity index (χ2v) is 28.9. The molecule has 0 aromatic carbocycles. The molecule has 8 atom stereocenters. The second-order valence-electron chi connectivity index (χ2n) is 15.5. The van der Waals surface area contributed by atoms with Gasteiger partial charge in [0.25, 0.3) is 0 Å². The van der Waals surface area contributed by atoms with Gasteiger partial charge in [0.2, 0.25) is 0 Å². The van der Waals surface area contributed by atoms with E-state index in [2.05, 4.69) is 78.8 Å². The molecule has 0 aromatic heterocycles. The normalized spacial score (nSPS) is 43.1. The van der Waals surface area contributed by atoms with Gasteiger partial charge in [-0.25, -0.2) is 0 Å². The molecule has 0 amide bonds. The number of hydrogen-bond acceptors (Lipinski definition) is 3. The van der Waals surface area contributed by atoms with Crippen LogP contribution in [0.5, 0.6) is 0 Å². The van der Waals surface area contributed by atoms with Gasteiger partial charge in [-0.15, -0.1) is 0 Å². The van der Waals surface area contributed by atoms with Gasteiger partial charge in [-0.1, -0.05) is 25.5 Å². The van der Waals surface area contributed by atoms with Crippen LogP contribution in [0.25, 0.3) is 0 Å². The molecule has 4 aliphatic rings. The quantitative estimate of drug-likeness (QED) is 0.260. The summed E-state index contributed by atoms with van der Waals surface area (Å²) in [5.74, 6) is 2.15. The smallest absolute Gasteiger partial charge is 0.184 e. The minimum atomic E-state index is -1.67. The summed E-state index contributed by atoms with van der Waals surface area (Å²) in [5, 5.41) is 0. The minimum Gasteiger partial charge on any atom is -0.414 e. The van der Waals surface area contributed by atoms with E-state index in [0.717, 1.165) is 18.3 Å². The van der Waals surface area contributed by atoms with E-state index in [1.54, 1.807) is 5.57 Å². The first kappa shape index (κ1) is 27.3. The zero-order valence-corrected chi connectivity index (χ0v) is 27.2. The van der Waals surface area contributed by atoms with Crippen molar-refractivity contribution in [2.75, 3.05) is 0 Å². The largest absolute Gasteiger partial charge is 0.414 e. The van der Waals surface area contributed by atoms with E-state index in [1.165, 1.54) is 38.5 Å². The molecule has 3 saturated carbocycles. The van der Waals surface area contributed by atoms with Crippen molar-refractivity contribution in [3.63, 3.8) is 0 Å². The van der Waals surface area contributed by atoms with Gasteiger partial charge in [-0.05, 0) is 132 Å². The van der Waals surface area contributed by atoms with Crippen LogP contribution in [-0.2, 0) is 13.3 Å². The molecule has 0 aliphatic heterocycles. The molecule has 3 fully saturated rings. The molecule has 0 heterocycles. The van der Waals surface area contributed by atoms with Crippen LogP contribution in [0.1, 0.15) is 58.8 Å². The van der Waals surface area contributed by atoms with E-state index in [1.807, 2.05) is 0 Å². The predicted molar refractivity (Wildman–Crippen MR) is 152 cm³/mol. The summed E-state index contributed by atoms with van der Waals surface area (Å²) in [5.41, 5.74) is 2.22. The third-order valence-corrected chi connectivity index (χ3v) is 12.4. The van der Waals surface area contributed by atoms with Crippen LogP contribution < -0.4 is 0 Å². The van der Waals surface area contributed by atoms with Crippen molar-refractivity contribution in [3.05, 3.63) is 11.6 Å². The lowest BCUT2D eigenvalue weighted by atomic mass is 9.47. The van der Waals surface area contributed by atoms with Crippen molar-refractivity contribution >= 4 is 25.0 Å². The van der Waals surface area contributed by atoms with Crippen LogP contribution in [0.2, 0.25) is 58.9 Å². The lowest BCUT2D eigenvalue weighted by Gasteiger charge is -2.61. The molecule has 0 aromatic rings. The fourth-order valence-electron chi connectivity index (χ4n) is 8.46. The number of hydrogen-bond donors (Lipinski definition) is 0. The molecule has 0 N–H and O–H groups in total. The van der Waals surface area contributed by atoms with Crippen LogP contribution in [0, 0.1) is 28.6 Å². The number of allylic oxidation sites excluding steroid dienone is 1. The monoisotopic (exact) mass is 522 g/mol. The Hall–Kier alpha value is 0.271. The first-order chi connectivity index (χ1) is 15.4.